The molecule has 0 spiro atoms. The molecule has 0 aromatic carbocycles. The van der Waals surface area contributed by atoms with E-state index in [1.54, 1.807) is 6.20 Å². The number of nitrogens with zero attached hydrogens (tertiary/aromatic N) is 2. The highest BCUT2D eigenvalue weighted by Gasteiger charge is 2.01. The summed E-state index contributed by atoms with van der Waals surface area (Å²) >= 11 is 0. The number of unbranched alkanes of at least 4 members (excludes halogenated alkanes) is 13. The molecule has 1 rings (SSSR count). The molecule has 1 aromatic heterocycles. The molecule has 0 amide bonds. The quantitative estimate of drug-likeness (QED) is 0.285. The number of carboxylic acid groups (broad SMARTS) is 1. The summed E-state index contributed by atoms with van der Waals surface area (Å²) in [6.07, 6.45) is 26.9. The lowest BCUT2D eigenvalue weighted by Crippen LogP contribution is -2.05. The molecule has 1 N–H and O–H groups in total. The van der Waals surface area contributed by atoms with Gasteiger partial charge in [0.15, 0.2) is 0 Å². The van der Waals surface area contributed by atoms with E-state index in [1.165, 1.54) is 83.5 Å². The van der Waals surface area contributed by atoms with Crippen molar-refractivity contribution in [2.75, 3.05) is 0 Å². The van der Waals surface area contributed by atoms with Gasteiger partial charge in [0.1, 0.15) is 5.82 Å². The van der Waals surface area contributed by atoms with E-state index in [0.717, 1.165) is 12.2 Å². The largest absolute Gasteiger partial charge is 0.481 e. The van der Waals surface area contributed by atoms with Gasteiger partial charge in [-0.15, -0.1) is 0 Å². The Morgan fingerprint density at radius 1 is 0.963 bits per heavy atom. The van der Waals surface area contributed by atoms with Crippen molar-refractivity contribution in [3.63, 3.8) is 0 Å². The molecule has 0 aliphatic carbocycles. The second kappa shape index (κ2) is 16.6. The molecule has 0 unspecified atom stereocenters. The third kappa shape index (κ3) is 13.3. The van der Waals surface area contributed by atoms with Crippen LogP contribution in [0.3, 0.4) is 0 Å². The van der Waals surface area contributed by atoms with E-state index in [4.69, 9.17) is 5.11 Å². The number of imidazole rings is 1. The monoisotopic (exact) mass is 376 g/mol. The van der Waals surface area contributed by atoms with E-state index in [1.807, 2.05) is 16.8 Å². The predicted octanol–water partition coefficient (Wildman–Crippen LogP) is 6.85. The molecule has 0 radical (unpaired) electrons. The summed E-state index contributed by atoms with van der Waals surface area (Å²) in [6, 6.07) is 0. The minimum atomic E-state index is -0.773. The van der Waals surface area contributed by atoms with Gasteiger partial charge in [0.2, 0.25) is 0 Å². The molecular formula is C23H40N2O2. The van der Waals surface area contributed by atoms with Crippen LogP contribution in [-0.4, -0.2) is 20.6 Å². The Hall–Kier alpha value is -1.58. The fraction of sp³-hybridized carbons (Fsp3) is 0.739. The van der Waals surface area contributed by atoms with Gasteiger partial charge in [0.25, 0.3) is 0 Å². The van der Waals surface area contributed by atoms with Crippen molar-refractivity contribution in [2.24, 2.45) is 0 Å². The highest BCUT2D eigenvalue weighted by Crippen LogP contribution is 2.13. The van der Waals surface area contributed by atoms with Crippen molar-refractivity contribution in [2.45, 2.75) is 110 Å². The zero-order valence-electron chi connectivity index (χ0n) is 17.4. The van der Waals surface area contributed by atoms with E-state index in [0.29, 0.717) is 6.54 Å². The Morgan fingerprint density at radius 3 is 2.07 bits per heavy atom. The first-order valence-electron chi connectivity index (χ1n) is 11.1. The summed E-state index contributed by atoms with van der Waals surface area (Å²) in [5.41, 5.74) is 0. The summed E-state index contributed by atoms with van der Waals surface area (Å²) in [7, 11) is 0. The second-order valence-corrected chi connectivity index (χ2v) is 7.56. The maximum absolute atomic E-state index is 10.7. The van der Waals surface area contributed by atoms with Crippen LogP contribution < -0.4 is 0 Å². The summed E-state index contributed by atoms with van der Waals surface area (Å²) in [5, 5.41) is 8.77. The van der Waals surface area contributed by atoms with Crippen LogP contribution in [-0.2, 0) is 11.3 Å². The van der Waals surface area contributed by atoms with Crippen LogP contribution in [0.15, 0.2) is 18.5 Å². The Morgan fingerprint density at radius 2 is 1.52 bits per heavy atom. The van der Waals surface area contributed by atoms with Gasteiger partial charge in [-0.05, 0) is 18.9 Å². The number of aryl methyl sites for hydroxylation is 1. The molecule has 0 bridgehead atoms. The van der Waals surface area contributed by atoms with E-state index in [9.17, 15) is 4.79 Å². The first kappa shape index (κ1) is 23.5. The Labute approximate surface area is 166 Å². The molecule has 4 nitrogen and oxygen atoms in total. The van der Waals surface area contributed by atoms with Gasteiger partial charge in [-0.1, -0.05) is 90.0 Å². The molecular weight excluding hydrogens is 336 g/mol. The standard InChI is InChI=1S/C23H40N2O2/c1-2-3-4-5-6-7-8-9-10-11-12-13-14-15-16-17-22-24-19-21-25(22)20-18-23(26)27/h16-17,19,21H,2-15,18,20H2,1H3,(H,26,27). The highest BCUT2D eigenvalue weighted by molar-refractivity contribution is 5.66. The minimum absolute atomic E-state index is 0.135. The van der Waals surface area contributed by atoms with E-state index < -0.39 is 5.97 Å². The van der Waals surface area contributed by atoms with Crippen LogP contribution in [0.25, 0.3) is 6.08 Å². The highest BCUT2D eigenvalue weighted by atomic mass is 16.4. The summed E-state index contributed by atoms with van der Waals surface area (Å²) in [6.45, 7) is 2.75. The molecule has 0 aliphatic rings. The molecule has 1 aromatic rings. The van der Waals surface area contributed by atoms with Gasteiger partial charge in [-0.25, -0.2) is 4.98 Å². The molecule has 27 heavy (non-hydrogen) atoms. The lowest BCUT2D eigenvalue weighted by atomic mass is 10.0. The van der Waals surface area contributed by atoms with Gasteiger partial charge in [-0.3, -0.25) is 4.79 Å². The zero-order chi connectivity index (χ0) is 19.6. The normalized spacial score (nSPS) is 11.4. The number of carbonyl (C=O) groups is 1. The van der Waals surface area contributed by atoms with E-state index >= 15 is 0 Å². The van der Waals surface area contributed by atoms with Crippen LogP contribution in [0.2, 0.25) is 0 Å². The van der Waals surface area contributed by atoms with Crippen molar-refractivity contribution in [3.8, 4) is 0 Å². The second-order valence-electron chi connectivity index (χ2n) is 7.56. The van der Waals surface area contributed by atoms with Crippen molar-refractivity contribution >= 4 is 12.0 Å². The molecule has 4 heteroatoms. The number of rotatable bonds is 18. The van der Waals surface area contributed by atoms with Gasteiger partial charge < -0.3 is 9.67 Å². The maximum atomic E-state index is 10.7. The number of hydrogen-bond acceptors (Lipinski definition) is 2. The fourth-order valence-electron chi connectivity index (χ4n) is 3.35. The molecule has 154 valence electrons. The van der Waals surface area contributed by atoms with Crippen LogP contribution in [0.4, 0.5) is 0 Å². The molecule has 0 aliphatic heterocycles. The third-order valence-electron chi connectivity index (χ3n) is 5.06. The van der Waals surface area contributed by atoms with Crippen molar-refractivity contribution in [3.05, 3.63) is 24.3 Å². The zero-order valence-corrected chi connectivity index (χ0v) is 17.4. The summed E-state index contributed by atoms with van der Waals surface area (Å²) in [5.74, 6) is 0.0801. The van der Waals surface area contributed by atoms with Crippen molar-refractivity contribution < 1.29 is 9.90 Å². The number of aliphatic carboxylic acids is 1. The average Bonchev–Trinajstić information content (AvgIpc) is 3.10. The minimum Gasteiger partial charge on any atom is -0.481 e. The summed E-state index contributed by atoms with van der Waals surface area (Å²) < 4.78 is 1.90. The lowest BCUT2D eigenvalue weighted by molar-refractivity contribution is -0.137. The Balaban J connectivity index is 1.92. The van der Waals surface area contributed by atoms with Gasteiger partial charge in [0, 0.05) is 18.9 Å². The predicted molar refractivity (Wildman–Crippen MR) is 114 cm³/mol. The first-order valence-corrected chi connectivity index (χ1v) is 11.1. The third-order valence-corrected chi connectivity index (χ3v) is 5.06. The molecule has 1 heterocycles. The van der Waals surface area contributed by atoms with Crippen molar-refractivity contribution in [1.29, 1.82) is 0 Å². The van der Waals surface area contributed by atoms with Crippen molar-refractivity contribution in [1.82, 2.24) is 9.55 Å². The number of carboxylic acids is 1. The Bertz CT molecular complexity index is 508. The number of aromatic nitrogens is 2. The smallest absolute Gasteiger partial charge is 0.305 e. The van der Waals surface area contributed by atoms with Gasteiger partial charge >= 0.3 is 5.97 Å². The number of allylic oxidation sites excluding steroid dienone is 1. The molecule has 0 saturated heterocycles. The van der Waals surface area contributed by atoms with E-state index in [2.05, 4.69) is 18.0 Å². The lowest BCUT2D eigenvalue weighted by Gasteiger charge is -2.03. The molecule has 0 atom stereocenters. The topological polar surface area (TPSA) is 55.1 Å². The summed E-state index contributed by atoms with van der Waals surface area (Å²) in [4.78, 5) is 14.9. The SMILES string of the molecule is CCCCCCCCCCCCCCCC=Cc1nccn1CCC(=O)O. The average molecular weight is 377 g/mol. The van der Waals surface area contributed by atoms with Crippen LogP contribution >= 0.6 is 0 Å². The molecule has 0 fully saturated rings. The van der Waals surface area contributed by atoms with Gasteiger partial charge in [0.05, 0.1) is 6.42 Å². The van der Waals surface area contributed by atoms with Gasteiger partial charge in [-0.2, -0.15) is 0 Å². The maximum Gasteiger partial charge on any atom is 0.305 e. The van der Waals surface area contributed by atoms with E-state index in [-0.39, 0.29) is 6.42 Å². The fourth-order valence-corrected chi connectivity index (χ4v) is 3.35. The number of hydrogen-bond donors (Lipinski definition) is 1. The van der Waals surface area contributed by atoms with Crippen LogP contribution in [0.1, 0.15) is 109 Å². The van der Waals surface area contributed by atoms with Crippen LogP contribution in [0, 0.1) is 0 Å². The first-order chi connectivity index (χ1) is 13.2. The molecule has 0 saturated carbocycles. The Kier molecular flexibility index (Phi) is 14.4. The van der Waals surface area contributed by atoms with Crippen LogP contribution in [0.5, 0.6) is 0 Å².